The highest BCUT2D eigenvalue weighted by Gasteiger charge is 2.21. The van der Waals surface area contributed by atoms with Gasteiger partial charge in [-0.3, -0.25) is 4.79 Å². The fourth-order valence-corrected chi connectivity index (χ4v) is 3.56. The summed E-state index contributed by atoms with van der Waals surface area (Å²) in [5, 5.41) is 7.82. The Bertz CT molecular complexity index is 1110. The molecule has 0 bridgehead atoms. The first kappa shape index (κ1) is 20.7. The molecule has 152 valence electrons. The summed E-state index contributed by atoms with van der Waals surface area (Å²) >= 11 is 0. The van der Waals surface area contributed by atoms with Crippen molar-refractivity contribution in [1.82, 2.24) is 14.9 Å². The van der Waals surface area contributed by atoms with Crippen LogP contribution in [0.5, 0.6) is 0 Å². The van der Waals surface area contributed by atoms with Crippen LogP contribution < -0.4 is 4.72 Å². The normalized spacial score (nSPS) is 12.5. The lowest BCUT2D eigenvalue weighted by Crippen LogP contribution is -2.31. The van der Waals surface area contributed by atoms with Gasteiger partial charge in [0.2, 0.25) is 15.9 Å². The number of aromatic nitrogens is 2. The van der Waals surface area contributed by atoms with E-state index in [9.17, 15) is 13.2 Å². The molecule has 0 radical (unpaired) electrons. The summed E-state index contributed by atoms with van der Waals surface area (Å²) in [5.41, 5.74) is 2.56. The van der Waals surface area contributed by atoms with Crippen LogP contribution in [0.2, 0.25) is 0 Å². The topological polar surface area (TPSA) is 111 Å². The summed E-state index contributed by atoms with van der Waals surface area (Å²) in [6.07, 6.45) is -0.821. The first-order valence-electron chi connectivity index (χ1n) is 8.91. The molecule has 2 aromatic carbocycles. The van der Waals surface area contributed by atoms with Gasteiger partial charge in [-0.15, -0.1) is 10.2 Å². The molecule has 9 heteroatoms. The number of nitrogens with zero attached hydrogens (tertiary/aromatic N) is 2. The molecule has 8 nitrogen and oxygen atoms in total. The molecule has 1 unspecified atom stereocenters. The van der Waals surface area contributed by atoms with E-state index in [1.165, 1.54) is 6.07 Å². The van der Waals surface area contributed by atoms with Crippen LogP contribution in [0, 0.1) is 13.8 Å². The fourth-order valence-electron chi connectivity index (χ4n) is 2.50. The van der Waals surface area contributed by atoms with Crippen molar-refractivity contribution < 1.29 is 22.4 Å². The van der Waals surface area contributed by atoms with Gasteiger partial charge in [-0.2, -0.15) is 4.72 Å². The largest absolute Gasteiger partial charge is 0.452 e. The summed E-state index contributed by atoms with van der Waals surface area (Å²) in [5.74, 6) is -0.336. The minimum absolute atomic E-state index is 0.0888. The SMILES string of the molecule is Cc1ccc(S(=O)(=O)NCC(=O)OC(C)c2nnc(-c3ccccc3)o2)cc1C. The number of carbonyl (C=O) groups excluding carboxylic acids is 1. The Morgan fingerprint density at radius 2 is 1.83 bits per heavy atom. The quantitative estimate of drug-likeness (QED) is 0.591. The molecule has 0 amide bonds. The van der Waals surface area contributed by atoms with Gasteiger partial charge < -0.3 is 9.15 Å². The standard InChI is InChI=1S/C20H21N3O5S/c1-13-9-10-17(11-14(13)2)29(25,26)21-12-18(24)27-15(3)19-22-23-20(28-19)16-7-5-4-6-8-16/h4-11,15,21H,12H2,1-3H3. The molecule has 1 atom stereocenters. The number of carbonyl (C=O) groups is 1. The van der Waals surface area contributed by atoms with Gasteiger partial charge in [0.15, 0.2) is 6.10 Å². The van der Waals surface area contributed by atoms with E-state index in [-0.39, 0.29) is 10.8 Å². The van der Waals surface area contributed by atoms with Crippen molar-refractivity contribution in [2.45, 2.75) is 31.8 Å². The maximum atomic E-state index is 12.4. The minimum atomic E-state index is -3.83. The molecule has 0 fully saturated rings. The van der Waals surface area contributed by atoms with Crippen LogP contribution in [0.4, 0.5) is 0 Å². The number of esters is 1. The average Bonchev–Trinajstić information content (AvgIpc) is 3.20. The average molecular weight is 415 g/mol. The summed E-state index contributed by atoms with van der Waals surface area (Å²) in [7, 11) is -3.83. The van der Waals surface area contributed by atoms with E-state index < -0.39 is 28.6 Å². The lowest BCUT2D eigenvalue weighted by Gasteiger charge is -2.11. The van der Waals surface area contributed by atoms with Crippen molar-refractivity contribution in [2.75, 3.05) is 6.54 Å². The van der Waals surface area contributed by atoms with Crippen LogP contribution >= 0.6 is 0 Å². The fraction of sp³-hybridized carbons (Fsp3) is 0.250. The second-order valence-electron chi connectivity index (χ2n) is 6.51. The van der Waals surface area contributed by atoms with Gasteiger partial charge in [-0.25, -0.2) is 8.42 Å². The van der Waals surface area contributed by atoms with E-state index in [0.717, 1.165) is 16.7 Å². The van der Waals surface area contributed by atoms with Gasteiger partial charge in [0.25, 0.3) is 5.89 Å². The van der Waals surface area contributed by atoms with Crippen molar-refractivity contribution in [2.24, 2.45) is 0 Å². The Balaban J connectivity index is 1.59. The van der Waals surface area contributed by atoms with Crippen LogP contribution in [0.15, 0.2) is 57.8 Å². The minimum Gasteiger partial charge on any atom is -0.452 e. The highest BCUT2D eigenvalue weighted by molar-refractivity contribution is 7.89. The number of hydrogen-bond acceptors (Lipinski definition) is 7. The van der Waals surface area contributed by atoms with Crippen LogP contribution in [0.3, 0.4) is 0 Å². The van der Waals surface area contributed by atoms with Crippen molar-refractivity contribution in [3.63, 3.8) is 0 Å². The maximum Gasteiger partial charge on any atom is 0.321 e. The second-order valence-corrected chi connectivity index (χ2v) is 8.28. The molecule has 29 heavy (non-hydrogen) atoms. The number of hydrogen-bond donors (Lipinski definition) is 1. The zero-order valence-electron chi connectivity index (χ0n) is 16.2. The van der Waals surface area contributed by atoms with Gasteiger partial charge in [0.1, 0.15) is 6.54 Å². The Labute approximate surface area is 169 Å². The van der Waals surface area contributed by atoms with Crippen molar-refractivity contribution >= 4 is 16.0 Å². The molecule has 0 spiro atoms. The van der Waals surface area contributed by atoms with Crippen LogP contribution in [-0.4, -0.2) is 31.1 Å². The predicted molar refractivity (Wildman–Crippen MR) is 105 cm³/mol. The lowest BCUT2D eigenvalue weighted by atomic mass is 10.1. The first-order valence-corrected chi connectivity index (χ1v) is 10.4. The van der Waals surface area contributed by atoms with Crippen molar-refractivity contribution in [3.05, 3.63) is 65.5 Å². The van der Waals surface area contributed by atoms with E-state index in [4.69, 9.17) is 9.15 Å². The molecule has 1 N–H and O–H groups in total. The number of benzene rings is 2. The molecule has 0 saturated carbocycles. The molecule has 1 heterocycles. The summed E-state index contributed by atoms with van der Waals surface area (Å²) in [6.45, 7) is 4.76. The van der Waals surface area contributed by atoms with E-state index in [2.05, 4.69) is 14.9 Å². The van der Waals surface area contributed by atoms with Gasteiger partial charge >= 0.3 is 5.97 Å². The molecule has 0 saturated heterocycles. The third-order valence-electron chi connectivity index (χ3n) is 4.31. The third kappa shape index (κ3) is 5.07. The molecular weight excluding hydrogens is 394 g/mol. The van der Waals surface area contributed by atoms with Gasteiger partial charge in [0, 0.05) is 5.56 Å². The zero-order chi connectivity index (χ0) is 21.0. The molecule has 3 rings (SSSR count). The molecule has 0 aliphatic heterocycles. The van der Waals surface area contributed by atoms with Crippen LogP contribution in [0.1, 0.15) is 30.0 Å². The Morgan fingerprint density at radius 1 is 1.10 bits per heavy atom. The van der Waals surface area contributed by atoms with Crippen molar-refractivity contribution in [1.29, 1.82) is 0 Å². The number of rotatable bonds is 7. The van der Waals surface area contributed by atoms with Gasteiger partial charge in [-0.1, -0.05) is 24.3 Å². The molecule has 0 aliphatic carbocycles. The summed E-state index contributed by atoms with van der Waals surface area (Å²) in [4.78, 5) is 12.2. The summed E-state index contributed by atoms with van der Waals surface area (Å²) < 4.78 is 37.7. The van der Waals surface area contributed by atoms with E-state index >= 15 is 0 Å². The maximum absolute atomic E-state index is 12.4. The molecule has 1 aromatic heterocycles. The third-order valence-corrected chi connectivity index (χ3v) is 5.71. The highest BCUT2D eigenvalue weighted by Crippen LogP contribution is 2.22. The van der Waals surface area contributed by atoms with Crippen molar-refractivity contribution in [3.8, 4) is 11.5 Å². The second kappa shape index (κ2) is 8.54. The predicted octanol–water partition coefficient (Wildman–Crippen LogP) is 2.94. The number of ether oxygens (including phenoxy) is 1. The summed E-state index contributed by atoms with van der Waals surface area (Å²) in [6, 6.07) is 13.9. The Hall–Kier alpha value is -3.04. The first-order chi connectivity index (χ1) is 13.8. The lowest BCUT2D eigenvalue weighted by molar-refractivity contribution is -0.148. The number of sulfonamides is 1. The smallest absolute Gasteiger partial charge is 0.321 e. The highest BCUT2D eigenvalue weighted by atomic mass is 32.2. The van der Waals surface area contributed by atoms with E-state index in [0.29, 0.717) is 5.89 Å². The molecule has 0 aliphatic rings. The zero-order valence-corrected chi connectivity index (χ0v) is 17.1. The Morgan fingerprint density at radius 3 is 2.52 bits per heavy atom. The van der Waals surface area contributed by atoms with E-state index in [1.807, 2.05) is 44.2 Å². The van der Waals surface area contributed by atoms with Crippen LogP contribution in [0.25, 0.3) is 11.5 Å². The van der Waals surface area contributed by atoms with Gasteiger partial charge in [0.05, 0.1) is 4.90 Å². The van der Waals surface area contributed by atoms with Crippen LogP contribution in [-0.2, 0) is 19.6 Å². The monoisotopic (exact) mass is 415 g/mol. The van der Waals surface area contributed by atoms with Gasteiger partial charge in [-0.05, 0) is 56.2 Å². The molecular formula is C20H21N3O5S. The Kier molecular flexibility index (Phi) is 6.09. The molecule has 3 aromatic rings. The van der Waals surface area contributed by atoms with E-state index in [1.54, 1.807) is 19.1 Å². The number of aryl methyl sites for hydroxylation is 2. The number of nitrogens with one attached hydrogen (secondary N) is 1.